The van der Waals surface area contributed by atoms with Crippen LogP contribution >= 0.6 is 46.3 Å². The molecule has 1 amide bonds. The third-order valence-corrected chi connectivity index (χ3v) is 8.61. The molecule has 0 radical (unpaired) electrons. The number of benzene rings is 2. The lowest BCUT2D eigenvalue weighted by molar-refractivity contribution is -0.132. The minimum absolute atomic E-state index is 0.0846. The van der Waals surface area contributed by atoms with Gasteiger partial charge in [0.2, 0.25) is 5.13 Å². The summed E-state index contributed by atoms with van der Waals surface area (Å²) in [6.07, 6.45) is 2.98. The second-order valence-electron chi connectivity index (χ2n) is 8.20. The minimum atomic E-state index is -0.981. The molecule has 7 nitrogen and oxygen atoms in total. The molecule has 1 fully saturated rings. The Kier molecular flexibility index (Phi) is 7.30. The summed E-state index contributed by atoms with van der Waals surface area (Å²) >= 11 is 15.1. The fourth-order valence-corrected chi connectivity index (χ4v) is 6.01. The van der Waals surface area contributed by atoms with Crippen molar-refractivity contribution in [2.75, 3.05) is 4.90 Å². The molecule has 1 aliphatic rings. The number of carbonyl (C=O) groups excluding carboxylic acids is 2. The summed E-state index contributed by atoms with van der Waals surface area (Å²) in [5.74, 6) is -1.31. The Morgan fingerprint density at radius 2 is 1.76 bits per heavy atom. The number of pyridine rings is 1. The Hall–Kier alpha value is -3.24. The van der Waals surface area contributed by atoms with Crippen LogP contribution in [-0.2, 0) is 15.3 Å². The molecule has 2 aromatic carbocycles. The van der Waals surface area contributed by atoms with Crippen LogP contribution in [0.5, 0.6) is 0 Å². The molecule has 1 unspecified atom stereocenters. The van der Waals surface area contributed by atoms with Crippen molar-refractivity contribution in [1.29, 1.82) is 0 Å². The van der Waals surface area contributed by atoms with E-state index < -0.39 is 17.7 Å². The van der Waals surface area contributed by atoms with Gasteiger partial charge in [-0.2, -0.15) is 0 Å². The van der Waals surface area contributed by atoms with E-state index in [1.165, 1.54) is 46.0 Å². The molecule has 1 N–H and O–H groups in total. The Bertz CT molecular complexity index is 1520. The number of Topliss-reactive ketones (excluding diaryl/α,β-unsaturated/α-hetero) is 1. The van der Waals surface area contributed by atoms with Crippen LogP contribution in [0.4, 0.5) is 5.13 Å². The number of halogens is 2. The maximum atomic E-state index is 13.3. The number of nitrogens with zero attached hydrogens (tertiary/aromatic N) is 4. The smallest absolute Gasteiger partial charge is 0.301 e. The standard InChI is InChI=1S/C26H18Cl2N4O3S2/c1-14-2-4-15(5-3-14)13-36-26-31-30-25(37-26)32-21(17-6-7-18(27)19(28)12-17)20(23(34)24(32)35)22(33)16-8-10-29-11-9-16/h2-12,21,33H,13H2,1H3/b22-20+. The molecule has 4 aromatic rings. The van der Waals surface area contributed by atoms with E-state index in [4.69, 9.17) is 23.2 Å². The molecular weight excluding hydrogens is 551 g/mol. The van der Waals surface area contributed by atoms with Crippen molar-refractivity contribution in [3.05, 3.63) is 105 Å². The van der Waals surface area contributed by atoms with Gasteiger partial charge in [0.05, 0.1) is 21.7 Å². The number of aryl methyl sites for hydroxylation is 1. The number of anilines is 1. The third-order valence-electron chi connectivity index (χ3n) is 5.74. The molecule has 0 spiro atoms. The normalized spacial score (nSPS) is 16.9. The van der Waals surface area contributed by atoms with Gasteiger partial charge in [-0.15, -0.1) is 10.2 Å². The van der Waals surface area contributed by atoms with Gasteiger partial charge in [0.25, 0.3) is 5.78 Å². The monoisotopic (exact) mass is 568 g/mol. The molecule has 11 heteroatoms. The summed E-state index contributed by atoms with van der Waals surface area (Å²) in [7, 11) is 0. The van der Waals surface area contributed by atoms with E-state index in [9.17, 15) is 14.7 Å². The van der Waals surface area contributed by atoms with E-state index in [0.717, 1.165) is 5.56 Å². The van der Waals surface area contributed by atoms with E-state index in [1.54, 1.807) is 30.3 Å². The molecule has 0 aliphatic carbocycles. The first kappa shape index (κ1) is 25.4. The Morgan fingerprint density at radius 3 is 2.46 bits per heavy atom. The summed E-state index contributed by atoms with van der Waals surface area (Å²) in [5.41, 5.74) is 3.06. The summed E-state index contributed by atoms with van der Waals surface area (Å²) in [6.45, 7) is 2.03. The minimum Gasteiger partial charge on any atom is -0.507 e. The number of hydrogen-bond donors (Lipinski definition) is 1. The van der Waals surface area contributed by atoms with E-state index in [1.807, 2.05) is 31.2 Å². The van der Waals surface area contributed by atoms with Gasteiger partial charge in [-0.1, -0.05) is 82.2 Å². The van der Waals surface area contributed by atoms with Crippen molar-refractivity contribution in [1.82, 2.24) is 15.2 Å². The second kappa shape index (κ2) is 10.6. The maximum absolute atomic E-state index is 13.3. The van der Waals surface area contributed by atoms with Gasteiger partial charge >= 0.3 is 5.91 Å². The fourth-order valence-electron chi connectivity index (χ4n) is 3.88. The van der Waals surface area contributed by atoms with Gasteiger partial charge < -0.3 is 5.11 Å². The summed E-state index contributed by atoms with van der Waals surface area (Å²) in [5, 5.41) is 20.4. The number of rotatable bonds is 6. The molecule has 2 aromatic heterocycles. The van der Waals surface area contributed by atoms with Crippen LogP contribution < -0.4 is 4.90 Å². The van der Waals surface area contributed by atoms with E-state index in [0.29, 0.717) is 26.2 Å². The lowest BCUT2D eigenvalue weighted by Gasteiger charge is -2.22. The SMILES string of the molecule is Cc1ccc(CSc2nnc(N3C(=O)C(=O)/C(=C(/O)c4ccncc4)C3c3ccc(Cl)c(Cl)c3)s2)cc1. The zero-order chi connectivity index (χ0) is 26.1. The number of aliphatic hydroxyl groups is 1. The molecule has 1 atom stereocenters. The average molecular weight is 569 g/mol. The number of aliphatic hydroxyl groups excluding tert-OH is 1. The van der Waals surface area contributed by atoms with Gasteiger partial charge in [0.1, 0.15) is 5.76 Å². The zero-order valence-corrected chi connectivity index (χ0v) is 22.4. The Labute approximate surface area is 230 Å². The zero-order valence-electron chi connectivity index (χ0n) is 19.3. The number of aromatic nitrogens is 3. The summed E-state index contributed by atoms with van der Waals surface area (Å²) in [4.78, 5) is 31.8. The number of amides is 1. The molecule has 1 saturated heterocycles. The maximum Gasteiger partial charge on any atom is 0.301 e. The fraction of sp³-hybridized carbons (Fsp3) is 0.115. The highest BCUT2D eigenvalue weighted by molar-refractivity contribution is 8.00. The number of carbonyl (C=O) groups is 2. The van der Waals surface area contributed by atoms with Crippen molar-refractivity contribution in [2.24, 2.45) is 0 Å². The number of thioether (sulfide) groups is 1. The van der Waals surface area contributed by atoms with E-state index in [-0.39, 0.29) is 21.5 Å². The van der Waals surface area contributed by atoms with Gasteiger partial charge in [-0.05, 0) is 42.3 Å². The van der Waals surface area contributed by atoms with Gasteiger partial charge in [0.15, 0.2) is 4.34 Å². The number of ketones is 1. The van der Waals surface area contributed by atoms with Crippen molar-refractivity contribution < 1.29 is 14.7 Å². The van der Waals surface area contributed by atoms with Gasteiger partial charge in [-0.3, -0.25) is 19.5 Å². The van der Waals surface area contributed by atoms with Crippen molar-refractivity contribution in [3.8, 4) is 0 Å². The predicted molar refractivity (Wildman–Crippen MR) is 146 cm³/mol. The van der Waals surface area contributed by atoms with Crippen LogP contribution in [0.3, 0.4) is 0 Å². The van der Waals surface area contributed by atoms with Crippen LogP contribution in [0.25, 0.3) is 5.76 Å². The predicted octanol–water partition coefficient (Wildman–Crippen LogP) is 6.47. The molecule has 186 valence electrons. The highest BCUT2D eigenvalue weighted by Gasteiger charge is 2.48. The number of hydrogen-bond acceptors (Lipinski definition) is 8. The van der Waals surface area contributed by atoms with E-state index >= 15 is 0 Å². The molecular formula is C26H18Cl2N4O3S2. The quantitative estimate of drug-likeness (QED) is 0.0935. The van der Waals surface area contributed by atoms with Crippen LogP contribution in [-0.4, -0.2) is 32.0 Å². The Balaban J connectivity index is 1.54. The first-order chi connectivity index (χ1) is 17.8. The lowest BCUT2D eigenvalue weighted by atomic mass is 9.96. The molecule has 5 rings (SSSR count). The lowest BCUT2D eigenvalue weighted by Crippen LogP contribution is -2.29. The van der Waals surface area contributed by atoms with E-state index in [2.05, 4.69) is 15.2 Å². The van der Waals surface area contributed by atoms with Crippen LogP contribution in [0.1, 0.15) is 28.3 Å². The highest BCUT2D eigenvalue weighted by atomic mass is 35.5. The second-order valence-corrected chi connectivity index (χ2v) is 11.2. The first-order valence-electron chi connectivity index (χ1n) is 11.0. The third kappa shape index (κ3) is 5.13. The van der Waals surface area contributed by atoms with Gasteiger partial charge in [-0.25, -0.2) is 0 Å². The molecule has 1 aliphatic heterocycles. The highest BCUT2D eigenvalue weighted by Crippen LogP contribution is 2.45. The van der Waals surface area contributed by atoms with Crippen molar-refractivity contribution in [2.45, 2.75) is 23.1 Å². The molecule has 0 bridgehead atoms. The molecule has 3 heterocycles. The van der Waals surface area contributed by atoms with Crippen molar-refractivity contribution in [3.63, 3.8) is 0 Å². The average Bonchev–Trinajstić information content (AvgIpc) is 3.47. The largest absolute Gasteiger partial charge is 0.507 e. The topological polar surface area (TPSA) is 96.3 Å². The van der Waals surface area contributed by atoms with Gasteiger partial charge in [0, 0.05) is 23.7 Å². The molecule has 37 heavy (non-hydrogen) atoms. The van der Waals surface area contributed by atoms with Crippen LogP contribution in [0, 0.1) is 6.92 Å². The summed E-state index contributed by atoms with van der Waals surface area (Å²) in [6, 6.07) is 15.1. The molecule has 0 saturated carbocycles. The summed E-state index contributed by atoms with van der Waals surface area (Å²) < 4.78 is 0.638. The first-order valence-corrected chi connectivity index (χ1v) is 13.6. The van der Waals surface area contributed by atoms with Crippen LogP contribution in [0.2, 0.25) is 10.0 Å². The Morgan fingerprint density at radius 1 is 1.03 bits per heavy atom. The van der Waals surface area contributed by atoms with Crippen molar-refractivity contribution >= 4 is 68.9 Å². The van der Waals surface area contributed by atoms with Crippen LogP contribution in [0.15, 0.2) is 76.9 Å².